The summed E-state index contributed by atoms with van der Waals surface area (Å²) in [4.78, 5) is 26.2. The van der Waals surface area contributed by atoms with Gasteiger partial charge in [0.05, 0.1) is 5.39 Å². The molecule has 1 amide bonds. The van der Waals surface area contributed by atoms with E-state index in [1.807, 2.05) is 84.0 Å². The summed E-state index contributed by atoms with van der Waals surface area (Å²) in [5, 5.41) is 3.35. The second-order valence-electron chi connectivity index (χ2n) is 9.00. The minimum atomic E-state index is -0.343. The van der Waals surface area contributed by atoms with Crippen LogP contribution in [0, 0.1) is 41.5 Å². The van der Waals surface area contributed by atoms with Crippen LogP contribution in [0.1, 0.15) is 33.4 Å². The first-order chi connectivity index (χ1) is 16.1. The van der Waals surface area contributed by atoms with Crippen LogP contribution in [0.15, 0.2) is 57.7 Å². The van der Waals surface area contributed by atoms with E-state index in [9.17, 15) is 9.59 Å². The molecule has 0 fully saturated rings. The lowest BCUT2D eigenvalue weighted by Gasteiger charge is -2.15. The van der Waals surface area contributed by atoms with Crippen molar-refractivity contribution < 1.29 is 13.9 Å². The first-order valence-corrected chi connectivity index (χ1v) is 11.3. The molecular formula is C29H29NO4. The zero-order valence-corrected chi connectivity index (χ0v) is 20.5. The van der Waals surface area contributed by atoms with E-state index in [0.717, 1.165) is 39.1 Å². The first kappa shape index (κ1) is 23.3. The molecular weight excluding hydrogens is 426 g/mol. The highest BCUT2D eigenvalue weighted by Crippen LogP contribution is 2.32. The van der Waals surface area contributed by atoms with E-state index in [0.29, 0.717) is 22.3 Å². The number of aryl methyl sites for hydroxylation is 6. The number of amides is 1. The van der Waals surface area contributed by atoms with Gasteiger partial charge in [0.15, 0.2) is 12.4 Å². The molecule has 0 bridgehead atoms. The lowest BCUT2D eigenvalue weighted by Crippen LogP contribution is -2.23. The Balaban J connectivity index is 1.72. The van der Waals surface area contributed by atoms with Gasteiger partial charge in [-0.2, -0.15) is 0 Å². The molecule has 0 aliphatic carbocycles. The highest BCUT2D eigenvalue weighted by atomic mass is 16.5. The van der Waals surface area contributed by atoms with Gasteiger partial charge in [-0.1, -0.05) is 47.5 Å². The number of ether oxygens (including phenoxy) is 1. The molecule has 5 nitrogen and oxygen atoms in total. The van der Waals surface area contributed by atoms with E-state index in [2.05, 4.69) is 5.32 Å². The second kappa shape index (κ2) is 9.18. The fraction of sp³-hybridized carbons (Fsp3) is 0.241. The number of benzene rings is 3. The Bertz CT molecular complexity index is 1440. The van der Waals surface area contributed by atoms with Crippen molar-refractivity contribution in [3.05, 3.63) is 92.1 Å². The number of hydrogen-bond acceptors (Lipinski definition) is 4. The Morgan fingerprint density at radius 2 is 1.44 bits per heavy atom. The molecule has 4 rings (SSSR count). The predicted octanol–water partition coefficient (Wildman–Crippen LogP) is 6.33. The van der Waals surface area contributed by atoms with Crippen molar-refractivity contribution in [3.63, 3.8) is 0 Å². The minimum Gasteiger partial charge on any atom is -0.476 e. The van der Waals surface area contributed by atoms with Crippen LogP contribution >= 0.6 is 0 Å². The number of fused-ring (bicyclic) bond motifs is 1. The van der Waals surface area contributed by atoms with Crippen LogP contribution in [0.4, 0.5) is 5.69 Å². The third kappa shape index (κ3) is 4.60. The average Bonchev–Trinajstić information content (AvgIpc) is 2.77. The van der Waals surface area contributed by atoms with Gasteiger partial charge in [0, 0.05) is 11.3 Å². The van der Waals surface area contributed by atoms with Gasteiger partial charge in [0.2, 0.25) is 11.2 Å². The number of hydrogen-bond donors (Lipinski definition) is 1. The van der Waals surface area contributed by atoms with Gasteiger partial charge in [-0.15, -0.1) is 0 Å². The van der Waals surface area contributed by atoms with Crippen LogP contribution in [-0.4, -0.2) is 12.5 Å². The Labute approximate surface area is 199 Å². The van der Waals surface area contributed by atoms with Crippen molar-refractivity contribution in [3.8, 4) is 17.1 Å². The topological polar surface area (TPSA) is 68.5 Å². The SMILES string of the molecule is Cc1ccc(-c2oc3cc(C)c(C)cc3c(=O)c2OCC(=O)Nc2c(C)cc(C)cc2C)cc1. The standard InChI is InChI=1S/C29H29NO4/c1-16-7-9-22(10-8-16)28-29(27(32)23-13-18(3)19(4)14-24(23)34-28)33-15-25(31)30-26-20(5)11-17(2)12-21(26)6/h7-14H,15H2,1-6H3,(H,30,31). The fourth-order valence-corrected chi connectivity index (χ4v) is 4.15. The summed E-state index contributed by atoms with van der Waals surface area (Å²) >= 11 is 0. The zero-order chi connectivity index (χ0) is 24.6. The summed E-state index contributed by atoms with van der Waals surface area (Å²) in [6.07, 6.45) is 0. The third-order valence-electron chi connectivity index (χ3n) is 6.07. The van der Waals surface area contributed by atoms with Crippen molar-refractivity contribution in [2.45, 2.75) is 41.5 Å². The summed E-state index contributed by atoms with van der Waals surface area (Å²) in [5.41, 5.74) is 7.85. The molecule has 0 spiro atoms. The number of carbonyl (C=O) groups is 1. The van der Waals surface area contributed by atoms with Crippen molar-refractivity contribution in [1.82, 2.24) is 0 Å². The monoisotopic (exact) mass is 455 g/mol. The summed E-state index contributed by atoms with van der Waals surface area (Å²) in [5.74, 6) is 0.00727. The van der Waals surface area contributed by atoms with E-state index in [1.54, 1.807) is 6.07 Å². The molecule has 0 saturated carbocycles. The highest BCUT2D eigenvalue weighted by Gasteiger charge is 2.20. The van der Waals surface area contributed by atoms with E-state index in [-0.39, 0.29) is 23.7 Å². The quantitative estimate of drug-likeness (QED) is 0.382. The van der Waals surface area contributed by atoms with Gasteiger partial charge in [-0.05, 0) is 75.9 Å². The average molecular weight is 456 g/mol. The molecule has 1 heterocycles. The molecule has 0 unspecified atom stereocenters. The number of nitrogens with one attached hydrogen (secondary N) is 1. The number of carbonyl (C=O) groups excluding carboxylic acids is 1. The molecule has 34 heavy (non-hydrogen) atoms. The summed E-state index contributed by atoms with van der Waals surface area (Å²) in [6, 6.07) is 15.4. The maximum atomic E-state index is 13.5. The van der Waals surface area contributed by atoms with Crippen LogP contribution < -0.4 is 15.5 Å². The third-order valence-corrected chi connectivity index (χ3v) is 6.07. The van der Waals surface area contributed by atoms with E-state index >= 15 is 0 Å². The maximum Gasteiger partial charge on any atom is 0.262 e. The van der Waals surface area contributed by atoms with E-state index in [4.69, 9.17) is 9.15 Å². The maximum absolute atomic E-state index is 13.5. The fourth-order valence-electron chi connectivity index (χ4n) is 4.15. The van der Waals surface area contributed by atoms with E-state index < -0.39 is 0 Å². The molecule has 1 N–H and O–H groups in total. The Kier molecular flexibility index (Phi) is 6.29. The number of anilines is 1. The van der Waals surface area contributed by atoms with Crippen LogP contribution in [0.25, 0.3) is 22.3 Å². The molecule has 1 aromatic heterocycles. The summed E-state index contributed by atoms with van der Waals surface area (Å²) in [6.45, 7) is 11.5. The predicted molar refractivity (Wildman–Crippen MR) is 137 cm³/mol. The lowest BCUT2D eigenvalue weighted by atomic mass is 10.0. The minimum absolute atomic E-state index is 0.0344. The van der Waals surface area contributed by atoms with E-state index in [1.165, 1.54) is 0 Å². The van der Waals surface area contributed by atoms with Crippen LogP contribution in [0.2, 0.25) is 0 Å². The largest absolute Gasteiger partial charge is 0.476 e. The Morgan fingerprint density at radius 3 is 2.09 bits per heavy atom. The molecule has 3 aromatic carbocycles. The van der Waals surface area contributed by atoms with Gasteiger partial charge in [0.1, 0.15) is 5.58 Å². The molecule has 4 aromatic rings. The van der Waals surface area contributed by atoms with Gasteiger partial charge >= 0.3 is 0 Å². The molecule has 0 saturated heterocycles. The lowest BCUT2D eigenvalue weighted by molar-refractivity contribution is -0.118. The second-order valence-corrected chi connectivity index (χ2v) is 9.00. The summed E-state index contributed by atoms with van der Waals surface area (Å²) < 4.78 is 12.0. The van der Waals surface area contributed by atoms with Crippen molar-refractivity contribution >= 4 is 22.6 Å². The van der Waals surface area contributed by atoms with Crippen molar-refractivity contribution in [2.75, 3.05) is 11.9 Å². The van der Waals surface area contributed by atoms with Gasteiger partial charge in [-0.25, -0.2) is 0 Å². The smallest absolute Gasteiger partial charge is 0.262 e. The van der Waals surface area contributed by atoms with Gasteiger partial charge in [0.25, 0.3) is 5.91 Å². The van der Waals surface area contributed by atoms with Gasteiger partial charge < -0.3 is 14.5 Å². The molecule has 0 aliphatic rings. The molecule has 0 atom stereocenters. The van der Waals surface area contributed by atoms with Crippen LogP contribution in [-0.2, 0) is 4.79 Å². The first-order valence-electron chi connectivity index (χ1n) is 11.3. The molecule has 0 radical (unpaired) electrons. The normalized spacial score (nSPS) is 11.0. The highest BCUT2D eigenvalue weighted by molar-refractivity contribution is 5.93. The molecule has 5 heteroatoms. The Morgan fingerprint density at radius 1 is 0.824 bits per heavy atom. The van der Waals surface area contributed by atoms with Crippen LogP contribution in [0.5, 0.6) is 5.75 Å². The molecule has 174 valence electrons. The Hall–Kier alpha value is -3.86. The van der Waals surface area contributed by atoms with Gasteiger partial charge in [-0.3, -0.25) is 9.59 Å². The summed E-state index contributed by atoms with van der Waals surface area (Å²) in [7, 11) is 0. The zero-order valence-electron chi connectivity index (χ0n) is 20.5. The number of rotatable bonds is 5. The van der Waals surface area contributed by atoms with Crippen molar-refractivity contribution in [2.24, 2.45) is 0 Å². The van der Waals surface area contributed by atoms with Crippen molar-refractivity contribution in [1.29, 1.82) is 0 Å². The van der Waals surface area contributed by atoms with Crippen LogP contribution in [0.3, 0.4) is 0 Å². The molecule has 0 aliphatic heterocycles.